The molecule has 0 radical (unpaired) electrons. The Kier molecular flexibility index (Phi) is 5.36. The molecule has 1 aliphatic heterocycles. The van der Waals surface area contributed by atoms with Crippen molar-refractivity contribution in [1.82, 2.24) is 19.2 Å². The van der Waals surface area contributed by atoms with Crippen molar-refractivity contribution in [3.8, 4) is 0 Å². The molecule has 7 heteroatoms. The first-order valence-corrected chi connectivity index (χ1v) is 10.5. The molecule has 0 unspecified atom stereocenters. The fourth-order valence-corrected chi connectivity index (χ4v) is 4.86. The molecule has 6 nitrogen and oxygen atoms in total. The fraction of sp³-hybridized carbons (Fsp3) is 0.632. The molecular formula is C19H26N4O2S. The zero-order valence-corrected chi connectivity index (χ0v) is 15.9. The van der Waals surface area contributed by atoms with Crippen LogP contribution in [-0.2, 0) is 11.3 Å². The van der Waals surface area contributed by atoms with Gasteiger partial charge < -0.3 is 4.90 Å². The van der Waals surface area contributed by atoms with E-state index in [9.17, 15) is 9.59 Å². The third-order valence-electron chi connectivity index (χ3n) is 5.65. The topological polar surface area (TPSA) is 57.9 Å². The molecule has 3 heterocycles. The van der Waals surface area contributed by atoms with Crippen LogP contribution in [0.15, 0.2) is 22.4 Å². The number of fused-ring (bicyclic) bond motifs is 1. The lowest BCUT2D eigenvalue weighted by Crippen LogP contribution is -2.48. The van der Waals surface area contributed by atoms with Crippen LogP contribution in [0.3, 0.4) is 0 Å². The van der Waals surface area contributed by atoms with Gasteiger partial charge in [-0.05, 0) is 18.8 Å². The van der Waals surface area contributed by atoms with Gasteiger partial charge in [0, 0.05) is 56.8 Å². The Morgan fingerprint density at radius 1 is 1.15 bits per heavy atom. The number of piperazine rings is 1. The lowest BCUT2D eigenvalue weighted by atomic mass is 9.86. The van der Waals surface area contributed by atoms with Crippen LogP contribution in [-0.4, -0.2) is 51.3 Å². The molecule has 0 bridgehead atoms. The molecule has 0 spiro atoms. The van der Waals surface area contributed by atoms with Crippen LogP contribution in [0.1, 0.15) is 44.2 Å². The van der Waals surface area contributed by atoms with Crippen molar-refractivity contribution >= 4 is 22.2 Å². The number of nitrogens with zero attached hydrogens (tertiary/aromatic N) is 4. The van der Waals surface area contributed by atoms with Gasteiger partial charge in [0.2, 0.25) is 5.91 Å². The summed E-state index contributed by atoms with van der Waals surface area (Å²) in [7, 11) is 0. The lowest BCUT2D eigenvalue weighted by Gasteiger charge is -2.35. The minimum absolute atomic E-state index is 0.0208. The number of rotatable bonds is 4. The molecular weight excluding hydrogens is 348 g/mol. The standard InChI is InChI=1S/C19H26N4O2S/c24-17(12-15-4-2-1-3-5-15)22-8-6-21(7-9-22)14-16-13-18(25)23-10-11-26-19(23)20-16/h10-11,13,15H,1-9,12,14H2. The second-order valence-electron chi connectivity index (χ2n) is 7.51. The van der Waals surface area contributed by atoms with Crippen molar-refractivity contribution in [2.75, 3.05) is 26.2 Å². The van der Waals surface area contributed by atoms with Gasteiger partial charge in [-0.3, -0.25) is 18.9 Å². The Morgan fingerprint density at radius 2 is 1.92 bits per heavy atom. The van der Waals surface area contributed by atoms with Crippen molar-refractivity contribution in [2.45, 2.75) is 45.1 Å². The zero-order chi connectivity index (χ0) is 17.9. The number of carbonyl (C=O) groups excluding carboxylic acids is 1. The summed E-state index contributed by atoms with van der Waals surface area (Å²) in [4.78, 5) is 34.3. The van der Waals surface area contributed by atoms with Gasteiger partial charge in [0.05, 0.1) is 5.69 Å². The van der Waals surface area contributed by atoms with Gasteiger partial charge in [-0.1, -0.05) is 19.3 Å². The molecule has 2 aliphatic rings. The van der Waals surface area contributed by atoms with Gasteiger partial charge in [0.1, 0.15) is 0 Å². The lowest BCUT2D eigenvalue weighted by molar-refractivity contribution is -0.134. The van der Waals surface area contributed by atoms with Crippen molar-refractivity contribution in [3.63, 3.8) is 0 Å². The molecule has 1 aliphatic carbocycles. The Morgan fingerprint density at radius 3 is 2.69 bits per heavy atom. The van der Waals surface area contributed by atoms with E-state index in [1.807, 2.05) is 10.3 Å². The van der Waals surface area contributed by atoms with E-state index < -0.39 is 0 Å². The Hall–Kier alpha value is -1.73. The summed E-state index contributed by atoms with van der Waals surface area (Å²) in [5.41, 5.74) is 0.798. The number of hydrogen-bond donors (Lipinski definition) is 0. The zero-order valence-electron chi connectivity index (χ0n) is 15.1. The first-order valence-electron chi connectivity index (χ1n) is 9.65. The summed E-state index contributed by atoms with van der Waals surface area (Å²) in [6.45, 7) is 3.94. The normalized spacial score (nSPS) is 19.9. The minimum atomic E-state index is -0.0208. The van der Waals surface area contributed by atoms with Crippen LogP contribution < -0.4 is 5.56 Å². The predicted molar refractivity (Wildman–Crippen MR) is 102 cm³/mol. The first-order chi connectivity index (χ1) is 12.7. The maximum absolute atomic E-state index is 12.5. The summed E-state index contributed by atoms with van der Waals surface area (Å²) in [5.74, 6) is 0.928. The van der Waals surface area contributed by atoms with Gasteiger partial charge >= 0.3 is 0 Å². The van der Waals surface area contributed by atoms with Crippen molar-refractivity contribution < 1.29 is 4.79 Å². The van der Waals surface area contributed by atoms with Gasteiger partial charge in [0.15, 0.2) is 4.96 Å². The van der Waals surface area contributed by atoms with E-state index in [0.29, 0.717) is 18.4 Å². The number of carbonyl (C=O) groups is 1. The Labute approximate surface area is 157 Å². The van der Waals surface area contributed by atoms with Crippen molar-refractivity contribution in [1.29, 1.82) is 0 Å². The second kappa shape index (κ2) is 7.88. The largest absolute Gasteiger partial charge is 0.340 e. The summed E-state index contributed by atoms with van der Waals surface area (Å²) < 4.78 is 1.58. The molecule has 1 amide bonds. The quantitative estimate of drug-likeness (QED) is 0.824. The molecule has 2 aromatic heterocycles. The maximum Gasteiger partial charge on any atom is 0.258 e. The highest BCUT2D eigenvalue weighted by Gasteiger charge is 2.24. The number of amides is 1. The Balaban J connectivity index is 1.30. The molecule has 1 saturated heterocycles. The van der Waals surface area contributed by atoms with Crippen LogP contribution in [0.25, 0.3) is 4.96 Å². The smallest absolute Gasteiger partial charge is 0.258 e. The average Bonchev–Trinajstić information content (AvgIpc) is 3.12. The summed E-state index contributed by atoms with van der Waals surface area (Å²) >= 11 is 1.48. The number of thiazole rings is 1. The number of hydrogen-bond acceptors (Lipinski definition) is 5. The molecule has 2 aromatic rings. The molecule has 2 fully saturated rings. The molecule has 0 aromatic carbocycles. The fourth-order valence-electron chi connectivity index (χ4n) is 4.12. The van der Waals surface area contributed by atoms with Crippen molar-refractivity contribution in [3.05, 3.63) is 33.7 Å². The number of aromatic nitrogens is 2. The molecule has 1 saturated carbocycles. The van der Waals surface area contributed by atoms with Gasteiger partial charge in [0.25, 0.3) is 5.56 Å². The van der Waals surface area contributed by atoms with Crippen LogP contribution >= 0.6 is 11.3 Å². The Bertz CT molecular complexity index is 816. The van der Waals surface area contributed by atoms with E-state index in [-0.39, 0.29) is 5.56 Å². The predicted octanol–water partition coefficient (Wildman–Crippen LogP) is 2.37. The van der Waals surface area contributed by atoms with Gasteiger partial charge in [-0.15, -0.1) is 11.3 Å². The molecule has 0 atom stereocenters. The van der Waals surface area contributed by atoms with Gasteiger partial charge in [-0.25, -0.2) is 4.98 Å². The van der Waals surface area contributed by atoms with Crippen LogP contribution in [0.4, 0.5) is 0 Å². The molecule has 0 N–H and O–H groups in total. The van der Waals surface area contributed by atoms with E-state index in [2.05, 4.69) is 9.88 Å². The molecule has 4 rings (SSSR count). The third kappa shape index (κ3) is 3.99. The summed E-state index contributed by atoms with van der Waals surface area (Å²) in [6, 6.07) is 1.63. The van der Waals surface area contributed by atoms with Crippen LogP contribution in [0.2, 0.25) is 0 Å². The SMILES string of the molecule is O=C(CC1CCCCC1)N1CCN(Cc2cc(=O)n3ccsc3n2)CC1. The molecule has 26 heavy (non-hydrogen) atoms. The molecule has 140 valence electrons. The summed E-state index contributed by atoms with van der Waals surface area (Å²) in [5, 5.41) is 1.88. The second-order valence-corrected chi connectivity index (χ2v) is 8.38. The van der Waals surface area contributed by atoms with E-state index >= 15 is 0 Å². The highest BCUT2D eigenvalue weighted by atomic mass is 32.1. The highest BCUT2D eigenvalue weighted by Crippen LogP contribution is 2.27. The van der Waals surface area contributed by atoms with Crippen molar-refractivity contribution in [2.24, 2.45) is 5.92 Å². The minimum Gasteiger partial charge on any atom is -0.340 e. The summed E-state index contributed by atoms with van der Waals surface area (Å²) in [6.07, 6.45) is 8.83. The third-order valence-corrected chi connectivity index (χ3v) is 6.41. The van der Waals surface area contributed by atoms with Gasteiger partial charge in [-0.2, -0.15) is 0 Å². The van der Waals surface area contributed by atoms with E-state index in [0.717, 1.165) is 43.3 Å². The van der Waals surface area contributed by atoms with Crippen LogP contribution in [0.5, 0.6) is 0 Å². The van der Waals surface area contributed by atoms with Crippen LogP contribution in [0, 0.1) is 5.92 Å². The first kappa shape index (κ1) is 17.7. The van der Waals surface area contributed by atoms with E-state index in [1.54, 1.807) is 16.7 Å². The average molecular weight is 375 g/mol. The van der Waals surface area contributed by atoms with E-state index in [1.165, 1.54) is 43.4 Å². The maximum atomic E-state index is 12.5. The van der Waals surface area contributed by atoms with E-state index in [4.69, 9.17) is 0 Å². The highest BCUT2D eigenvalue weighted by molar-refractivity contribution is 7.15. The monoisotopic (exact) mass is 374 g/mol.